The molecule has 0 unspecified atom stereocenters. The van der Waals surface area contributed by atoms with E-state index in [9.17, 15) is 33.5 Å². The van der Waals surface area contributed by atoms with Crippen molar-refractivity contribution in [3.8, 4) is 0 Å². The molecule has 0 aromatic rings. The van der Waals surface area contributed by atoms with Crippen LogP contribution in [-0.2, 0) is 9.13 Å². The molecule has 0 heterocycles. The predicted molar refractivity (Wildman–Crippen MR) is 20.6 cm³/mol. The van der Waals surface area contributed by atoms with Crippen LogP contribution in [0.2, 0.25) is 0 Å². The molecule has 10 heavy (non-hydrogen) atoms. The molecule has 0 radical (unpaired) electrons. The van der Waals surface area contributed by atoms with Crippen molar-refractivity contribution in [1.29, 1.82) is 0 Å². The summed E-state index contributed by atoms with van der Waals surface area (Å²) in [7, 11) is -11.8. The Hall–Kier alpha value is -0.0300. The van der Waals surface area contributed by atoms with Gasteiger partial charge in [-0.15, -0.1) is 0 Å². The Kier molecular flexibility index (Phi) is 2.53. The SMILES string of the molecule is O=C(P(=O)([O-])[O-])P(=O)([O-])[O-]. The zero-order valence-corrected chi connectivity index (χ0v) is 6.04. The Morgan fingerprint density at radius 1 is 0.900 bits per heavy atom. The lowest BCUT2D eigenvalue weighted by molar-refractivity contribution is -0.314. The molecule has 0 spiro atoms. The van der Waals surface area contributed by atoms with Gasteiger partial charge in [0.1, 0.15) is 0 Å². The molecular weight excluding hydrogens is 186 g/mol. The van der Waals surface area contributed by atoms with Crippen LogP contribution in [0.15, 0.2) is 0 Å². The summed E-state index contributed by atoms with van der Waals surface area (Å²) >= 11 is 0. The molecule has 0 rings (SSSR count). The molecule has 0 aliphatic rings. The zero-order chi connectivity index (χ0) is 8.58. The maximum absolute atomic E-state index is 9.71. The molecule has 0 aliphatic heterocycles. The Labute approximate surface area is 55.0 Å². The minimum atomic E-state index is -5.91. The van der Waals surface area contributed by atoms with E-state index in [0.29, 0.717) is 0 Å². The second-order valence-electron chi connectivity index (χ2n) is 1.28. The van der Waals surface area contributed by atoms with Crippen LogP contribution < -0.4 is 19.6 Å². The molecule has 0 aliphatic carbocycles. The molecule has 0 N–H and O–H groups in total. The Morgan fingerprint density at radius 3 is 1.10 bits per heavy atom. The molecule has 0 bridgehead atoms. The van der Waals surface area contributed by atoms with Crippen LogP contribution in [0.5, 0.6) is 0 Å². The molecule has 0 saturated carbocycles. The number of hydrogen-bond acceptors (Lipinski definition) is 7. The number of rotatable bonds is 2. The van der Waals surface area contributed by atoms with Gasteiger partial charge in [-0.25, -0.2) is 0 Å². The molecule has 7 nitrogen and oxygen atoms in total. The quantitative estimate of drug-likeness (QED) is 0.416. The van der Waals surface area contributed by atoms with Gasteiger partial charge in [0.15, 0.2) is 5.27 Å². The third kappa shape index (κ3) is 2.70. The van der Waals surface area contributed by atoms with Crippen molar-refractivity contribution in [3.05, 3.63) is 0 Å². The van der Waals surface area contributed by atoms with Crippen molar-refractivity contribution in [2.75, 3.05) is 0 Å². The Bertz CT molecular complexity index is 204. The van der Waals surface area contributed by atoms with E-state index in [4.69, 9.17) is 0 Å². The highest BCUT2D eigenvalue weighted by atomic mass is 31.2. The Morgan fingerprint density at radius 2 is 1.10 bits per heavy atom. The van der Waals surface area contributed by atoms with Crippen LogP contribution in [-0.4, -0.2) is 5.27 Å². The lowest BCUT2D eigenvalue weighted by Crippen LogP contribution is -2.28. The van der Waals surface area contributed by atoms with Gasteiger partial charge >= 0.3 is 0 Å². The molecule has 0 amide bonds. The van der Waals surface area contributed by atoms with E-state index in [1.54, 1.807) is 0 Å². The third-order valence-electron chi connectivity index (χ3n) is 0.469. The van der Waals surface area contributed by atoms with E-state index >= 15 is 0 Å². The lowest BCUT2D eigenvalue weighted by Gasteiger charge is -2.37. The number of carbonyl (C=O) groups is 1. The van der Waals surface area contributed by atoms with Gasteiger partial charge in [-0.3, -0.25) is 4.79 Å². The standard InChI is InChI=1S/CH4O7P2/c2-1(9(3,4)5)10(6,7)8/h(H2,3,4,5)(H2,6,7,8)/p-4. The molecule has 0 aromatic heterocycles. The van der Waals surface area contributed by atoms with E-state index < -0.39 is 20.5 Å². The summed E-state index contributed by atoms with van der Waals surface area (Å²) in [5.74, 6) is 0. The first-order chi connectivity index (χ1) is 4.15. The van der Waals surface area contributed by atoms with Gasteiger partial charge in [0.2, 0.25) is 0 Å². The largest absolute Gasteiger partial charge is 0.805 e. The normalized spacial score (nSPS) is 13.2. The van der Waals surface area contributed by atoms with Crippen LogP contribution in [0.3, 0.4) is 0 Å². The van der Waals surface area contributed by atoms with E-state index in [1.807, 2.05) is 0 Å². The first kappa shape index (κ1) is 9.97. The fourth-order valence-electron chi connectivity index (χ4n) is 0.150. The molecular formula is CO7P2-4. The summed E-state index contributed by atoms with van der Waals surface area (Å²) in [5, 5.41) is -2.79. The predicted octanol–water partition coefficient (Wildman–Crippen LogP) is -3.07. The molecule has 9 heteroatoms. The van der Waals surface area contributed by atoms with Crippen molar-refractivity contribution in [1.82, 2.24) is 0 Å². The second-order valence-corrected chi connectivity index (χ2v) is 4.43. The monoisotopic (exact) mass is 186 g/mol. The average Bonchev–Trinajstić information content (AvgIpc) is 1.59. The van der Waals surface area contributed by atoms with Crippen molar-refractivity contribution < 1.29 is 33.5 Å². The number of carbonyl (C=O) groups excluding carboxylic acids is 1. The lowest BCUT2D eigenvalue weighted by atomic mass is 11.8. The fourth-order valence-corrected chi connectivity index (χ4v) is 1.35. The van der Waals surface area contributed by atoms with Crippen molar-refractivity contribution >= 4 is 20.5 Å². The maximum Gasteiger partial charge on any atom is 0.191 e. The number of hydrogen-bond donors (Lipinski definition) is 0. The first-order valence-corrected chi connectivity index (χ1v) is 4.83. The topological polar surface area (TPSA) is 143 Å². The van der Waals surface area contributed by atoms with E-state index in [2.05, 4.69) is 0 Å². The summed E-state index contributed by atoms with van der Waals surface area (Å²) in [4.78, 5) is 47.8. The average molecular weight is 186 g/mol. The molecule has 0 fully saturated rings. The van der Waals surface area contributed by atoms with Crippen LogP contribution >= 0.6 is 15.2 Å². The maximum atomic E-state index is 9.71. The smallest absolute Gasteiger partial charge is 0.191 e. The van der Waals surface area contributed by atoms with Crippen molar-refractivity contribution in [2.45, 2.75) is 0 Å². The highest BCUT2D eigenvalue weighted by Gasteiger charge is 2.09. The van der Waals surface area contributed by atoms with Crippen molar-refractivity contribution in [2.24, 2.45) is 0 Å². The molecule has 0 saturated heterocycles. The van der Waals surface area contributed by atoms with E-state index in [-0.39, 0.29) is 0 Å². The van der Waals surface area contributed by atoms with E-state index in [1.165, 1.54) is 0 Å². The summed E-state index contributed by atoms with van der Waals surface area (Å²) in [6.07, 6.45) is 0. The summed E-state index contributed by atoms with van der Waals surface area (Å²) in [6.45, 7) is 0. The summed E-state index contributed by atoms with van der Waals surface area (Å²) in [5.41, 5.74) is 0. The van der Waals surface area contributed by atoms with Gasteiger partial charge in [0.25, 0.3) is 0 Å². The summed E-state index contributed by atoms with van der Waals surface area (Å²) in [6, 6.07) is 0. The highest BCUT2D eigenvalue weighted by molar-refractivity contribution is 7.94. The zero-order valence-electron chi connectivity index (χ0n) is 4.25. The summed E-state index contributed by atoms with van der Waals surface area (Å²) < 4.78 is 19.1. The van der Waals surface area contributed by atoms with Gasteiger partial charge < -0.3 is 28.7 Å². The fraction of sp³-hybridized carbons (Fsp3) is 0. The van der Waals surface area contributed by atoms with Gasteiger partial charge in [0.05, 0.1) is 0 Å². The van der Waals surface area contributed by atoms with Crippen LogP contribution in [0.25, 0.3) is 0 Å². The van der Waals surface area contributed by atoms with E-state index in [0.717, 1.165) is 0 Å². The van der Waals surface area contributed by atoms with Gasteiger partial charge in [0, 0.05) is 15.2 Å². The molecule has 0 atom stereocenters. The van der Waals surface area contributed by atoms with Crippen LogP contribution in [0.1, 0.15) is 0 Å². The van der Waals surface area contributed by atoms with Crippen LogP contribution in [0, 0.1) is 0 Å². The third-order valence-corrected chi connectivity index (χ3v) is 2.88. The van der Waals surface area contributed by atoms with Gasteiger partial charge in [-0.1, -0.05) is 0 Å². The van der Waals surface area contributed by atoms with Gasteiger partial charge in [-0.05, 0) is 0 Å². The van der Waals surface area contributed by atoms with Crippen molar-refractivity contribution in [3.63, 3.8) is 0 Å². The molecule has 60 valence electrons. The van der Waals surface area contributed by atoms with Crippen LogP contribution in [0.4, 0.5) is 4.79 Å². The molecule has 0 aromatic carbocycles. The second kappa shape index (κ2) is 2.54. The minimum Gasteiger partial charge on any atom is -0.805 e. The first-order valence-electron chi connectivity index (χ1n) is 1.75. The Balaban J connectivity index is 4.75. The highest BCUT2D eigenvalue weighted by Crippen LogP contribution is 2.43. The minimum absolute atomic E-state index is 2.79. The van der Waals surface area contributed by atoms with Gasteiger partial charge in [-0.2, -0.15) is 0 Å².